The van der Waals surface area contributed by atoms with E-state index in [-0.39, 0.29) is 0 Å². The van der Waals surface area contributed by atoms with E-state index in [4.69, 9.17) is 9.99 Å². The van der Waals surface area contributed by atoms with Crippen molar-refractivity contribution in [1.29, 1.82) is 0 Å². The van der Waals surface area contributed by atoms with Gasteiger partial charge in [-0.25, -0.2) is 4.79 Å². The van der Waals surface area contributed by atoms with Gasteiger partial charge in [-0.2, -0.15) is 5.26 Å². The van der Waals surface area contributed by atoms with E-state index in [9.17, 15) is 4.79 Å². The minimum absolute atomic E-state index is 0.483. The van der Waals surface area contributed by atoms with Crippen LogP contribution >= 0.6 is 0 Å². The summed E-state index contributed by atoms with van der Waals surface area (Å²) in [6, 6.07) is 0. The summed E-state index contributed by atoms with van der Waals surface area (Å²) in [6.45, 7) is 6.78. The number of unbranched alkanes of at least 4 members (excludes halogenated alkanes) is 28. The molecule has 0 aromatic rings. The number of carbonyl (C=O) groups is 1. The molecule has 0 aromatic carbocycles. The Bertz CT molecular complexity index is 517. The molecule has 0 saturated carbocycles. The zero-order chi connectivity index (χ0) is 31.5. The van der Waals surface area contributed by atoms with E-state index in [0.717, 1.165) is 51.4 Å². The van der Waals surface area contributed by atoms with E-state index < -0.39 is 11.8 Å². The molecule has 0 rings (SSSR count). The van der Waals surface area contributed by atoms with Crippen LogP contribution in [0.5, 0.6) is 0 Å². The molecule has 4 heteroatoms. The van der Waals surface area contributed by atoms with E-state index in [1.165, 1.54) is 167 Å². The Hall–Kier alpha value is -0.770. The van der Waals surface area contributed by atoms with Crippen molar-refractivity contribution in [1.82, 2.24) is 0 Å². The summed E-state index contributed by atoms with van der Waals surface area (Å²) in [5, 5.41) is 8.98. The van der Waals surface area contributed by atoms with Gasteiger partial charge in [0, 0.05) is 0 Å². The molecule has 0 atom stereocenters. The van der Waals surface area contributed by atoms with Crippen molar-refractivity contribution in [3.63, 3.8) is 0 Å². The summed E-state index contributed by atoms with van der Waals surface area (Å²) in [5.74, 6) is 0. The van der Waals surface area contributed by atoms with Gasteiger partial charge in [0.05, 0.1) is 0 Å². The maximum atomic E-state index is 12.1. The van der Waals surface area contributed by atoms with E-state index >= 15 is 0 Å². The number of rotatable bonds is 35. The standard InChI is InChI=1S/C39H78O4/c1-4-7-10-12-14-16-18-20-22-24-26-28-30-33-36-39(35-32-9-6-3,42-38(40)43-41)37-34-31-29-27-25-23-21-19-17-15-13-11-8-5-2/h41H,4-37H2,1-3H3. The molecular formula is C39H78O4. The van der Waals surface area contributed by atoms with Crippen LogP contribution in [0, 0.1) is 0 Å². The Morgan fingerprint density at radius 3 is 0.860 bits per heavy atom. The Kier molecular flexibility index (Phi) is 33.5. The van der Waals surface area contributed by atoms with Gasteiger partial charge in [0.25, 0.3) is 0 Å². The molecule has 258 valence electrons. The van der Waals surface area contributed by atoms with Crippen LogP contribution in [0.3, 0.4) is 0 Å². The van der Waals surface area contributed by atoms with Gasteiger partial charge in [0.1, 0.15) is 5.60 Å². The molecule has 0 radical (unpaired) electrons. The lowest BCUT2D eigenvalue weighted by atomic mass is 9.84. The summed E-state index contributed by atoms with van der Waals surface area (Å²) in [4.78, 5) is 16.1. The Morgan fingerprint density at radius 1 is 0.395 bits per heavy atom. The van der Waals surface area contributed by atoms with Gasteiger partial charge in [-0.05, 0) is 38.5 Å². The molecule has 0 saturated heterocycles. The van der Waals surface area contributed by atoms with Crippen molar-refractivity contribution in [2.45, 2.75) is 245 Å². The highest BCUT2D eigenvalue weighted by molar-refractivity contribution is 5.59. The third-order valence-electron chi connectivity index (χ3n) is 9.58. The summed E-state index contributed by atoms with van der Waals surface area (Å²) < 4.78 is 5.85. The topological polar surface area (TPSA) is 55.8 Å². The fourth-order valence-corrected chi connectivity index (χ4v) is 6.70. The SMILES string of the molecule is CCCCCCCCCCCCCCCCC(CCCCC)(CCCCCCCCCCCCCCCC)OC(=O)OO. The minimum atomic E-state index is -0.924. The van der Waals surface area contributed by atoms with Crippen LogP contribution in [0.4, 0.5) is 4.79 Å². The van der Waals surface area contributed by atoms with E-state index in [1.54, 1.807) is 0 Å². The number of hydrogen-bond donors (Lipinski definition) is 1. The monoisotopic (exact) mass is 611 g/mol. The van der Waals surface area contributed by atoms with Crippen molar-refractivity contribution in [3.05, 3.63) is 0 Å². The molecule has 0 spiro atoms. The first-order valence-corrected chi connectivity index (χ1v) is 19.7. The van der Waals surface area contributed by atoms with E-state index in [1.807, 2.05) is 0 Å². The van der Waals surface area contributed by atoms with Gasteiger partial charge in [-0.3, -0.25) is 4.89 Å². The Morgan fingerprint density at radius 2 is 0.605 bits per heavy atom. The van der Waals surface area contributed by atoms with Crippen LogP contribution in [0.2, 0.25) is 0 Å². The molecule has 0 heterocycles. The second kappa shape index (κ2) is 34.1. The van der Waals surface area contributed by atoms with Crippen LogP contribution in [0.1, 0.15) is 239 Å². The summed E-state index contributed by atoms with van der Waals surface area (Å²) in [6.07, 6.45) is 42.7. The van der Waals surface area contributed by atoms with Gasteiger partial charge in [0.2, 0.25) is 0 Å². The predicted octanol–water partition coefficient (Wildman–Crippen LogP) is 14.7. The first-order valence-electron chi connectivity index (χ1n) is 19.7. The fourth-order valence-electron chi connectivity index (χ4n) is 6.70. The number of hydrogen-bond acceptors (Lipinski definition) is 4. The second-order valence-corrected chi connectivity index (χ2v) is 13.8. The first kappa shape index (κ1) is 42.2. The van der Waals surface area contributed by atoms with Gasteiger partial charge in [0.15, 0.2) is 0 Å². The fraction of sp³-hybridized carbons (Fsp3) is 0.974. The van der Waals surface area contributed by atoms with Gasteiger partial charge in [-0.15, -0.1) is 0 Å². The lowest BCUT2D eigenvalue weighted by Crippen LogP contribution is -2.35. The summed E-state index contributed by atoms with van der Waals surface area (Å²) >= 11 is 0. The van der Waals surface area contributed by atoms with Crippen molar-refractivity contribution < 1.29 is 19.7 Å². The highest BCUT2D eigenvalue weighted by atomic mass is 17.1. The smallest absolute Gasteiger partial charge is 0.426 e. The van der Waals surface area contributed by atoms with E-state index in [0.29, 0.717) is 0 Å². The highest BCUT2D eigenvalue weighted by Crippen LogP contribution is 2.33. The van der Waals surface area contributed by atoms with Gasteiger partial charge < -0.3 is 4.74 Å². The second-order valence-electron chi connectivity index (χ2n) is 13.8. The van der Waals surface area contributed by atoms with Crippen molar-refractivity contribution in [3.8, 4) is 0 Å². The number of carbonyl (C=O) groups excluding carboxylic acids is 1. The van der Waals surface area contributed by atoms with Crippen LogP contribution in [-0.2, 0) is 9.62 Å². The molecule has 0 aliphatic carbocycles. The zero-order valence-electron chi connectivity index (χ0n) is 29.7. The minimum Gasteiger partial charge on any atom is -0.426 e. The molecule has 0 bridgehead atoms. The van der Waals surface area contributed by atoms with E-state index in [2.05, 4.69) is 25.7 Å². The maximum Gasteiger partial charge on any atom is 0.540 e. The molecule has 0 amide bonds. The lowest BCUT2D eigenvalue weighted by molar-refractivity contribution is -0.216. The maximum absolute atomic E-state index is 12.1. The Labute approximate surface area is 270 Å². The van der Waals surface area contributed by atoms with Crippen molar-refractivity contribution in [2.75, 3.05) is 0 Å². The third kappa shape index (κ3) is 29.7. The van der Waals surface area contributed by atoms with Crippen LogP contribution in [-0.4, -0.2) is 17.0 Å². The first-order chi connectivity index (χ1) is 21.1. The quantitative estimate of drug-likeness (QED) is 0.0336. The summed E-state index contributed by atoms with van der Waals surface area (Å²) in [7, 11) is 0. The molecule has 0 aromatic heterocycles. The molecule has 0 aliphatic heterocycles. The normalized spacial score (nSPS) is 11.7. The van der Waals surface area contributed by atoms with Crippen LogP contribution < -0.4 is 0 Å². The number of ether oxygens (including phenoxy) is 1. The van der Waals surface area contributed by atoms with Gasteiger partial charge >= 0.3 is 6.16 Å². The lowest BCUT2D eigenvalue weighted by Gasteiger charge is -2.33. The van der Waals surface area contributed by atoms with Crippen molar-refractivity contribution >= 4 is 6.16 Å². The molecule has 43 heavy (non-hydrogen) atoms. The van der Waals surface area contributed by atoms with Gasteiger partial charge in [-0.1, -0.05) is 201 Å². The van der Waals surface area contributed by atoms with Crippen molar-refractivity contribution in [2.24, 2.45) is 0 Å². The molecule has 0 fully saturated rings. The third-order valence-corrected chi connectivity index (χ3v) is 9.58. The molecule has 0 aliphatic rings. The Balaban J connectivity index is 4.21. The molecule has 4 nitrogen and oxygen atoms in total. The predicted molar refractivity (Wildman–Crippen MR) is 187 cm³/mol. The summed E-state index contributed by atoms with van der Waals surface area (Å²) in [5.41, 5.74) is -0.483. The van der Waals surface area contributed by atoms with Crippen LogP contribution in [0.15, 0.2) is 0 Å². The molecular weight excluding hydrogens is 532 g/mol. The average molecular weight is 611 g/mol. The highest BCUT2D eigenvalue weighted by Gasteiger charge is 2.34. The zero-order valence-corrected chi connectivity index (χ0v) is 29.7. The molecule has 0 unspecified atom stereocenters. The average Bonchev–Trinajstić information content (AvgIpc) is 3.01. The van der Waals surface area contributed by atoms with Crippen LogP contribution in [0.25, 0.3) is 0 Å². The largest absolute Gasteiger partial charge is 0.540 e. The molecule has 1 N–H and O–H groups in total.